The molecule has 0 radical (unpaired) electrons. The lowest BCUT2D eigenvalue weighted by Gasteiger charge is -2.02. The van der Waals surface area contributed by atoms with E-state index in [0.717, 1.165) is 12.8 Å². The van der Waals surface area contributed by atoms with Gasteiger partial charge in [-0.15, -0.1) is 0 Å². The van der Waals surface area contributed by atoms with Gasteiger partial charge < -0.3 is 0 Å². The van der Waals surface area contributed by atoms with E-state index < -0.39 is 0 Å². The highest BCUT2D eigenvalue weighted by Gasteiger charge is 1.90. The number of rotatable bonds is 9. The van der Waals surface area contributed by atoms with E-state index in [-0.39, 0.29) is 0 Å². The van der Waals surface area contributed by atoms with E-state index in [2.05, 4.69) is 9.78 Å². The Bertz CT molecular complexity index is 67.5. The van der Waals surface area contributed by atoms with Gasteiger partial charge >= 0.3 is 0 Å². The van der Waals surface area contributed by atoms with Gasteiger partial charge in [0.1, 0.15) is 0 Å². The SMILES string of the molecule is CCOOCCCCOOCC. The van der Waals surface area contributed by atoms with Crippen LogP contribution in [0, 0.1) is 0 Å². The monoisotopic (exact) mass is 178 g/mol. The van der Waals surface area contributed by atoms with Gasteiger partial charge in [-0.05, 0) is 26.7 Å². The molecule has 0 N–H and O–H groups in total. The van der Waals surface area contributed by atoms with Gasteiger partial charge in [0.05, 0.1) is 26.4 Å². The summed E-state index contributed by atoms with van der Waals surface area (Å²) < 4.78 is 0. The van der Waals surface area contributed by atoms with Crippen molar-refractivity contribution in [1.29, 1.82) is 0 Å². The Hall–Kier alpha value is -0.160. The molecule has 0 aliphatic heterocycles. The van der Waals surface area contributed by atoms with Crippen LogP contribution in [-0.4, -0.2) is 26.4 Å². The second kappa shape index (κ2) is 10.8. The van der Waals surface area contributed by atoms with Crippen LogP contribution in [0.4, 0.5) is 0 Å². The molecule has 4 heteroatoms. The Balaban J connectivity index is 2.73. The quantitative estimate of drug-likeness (QED) is 0.306. The highest BCUT2D eigenvalue weighted by Crippen LogP contribution is 1.92. The molecule has 0 rings (SSSR count). The van der Waals surface area contributed by atoms with Gasteiger partial charge in [-0.1, -0.05) is 0 Å². The van der Waals surface area contributed by atoms with E-state index in [1.54, 1.807) is 0 Å². The molecule has 0 spiro atoms. The highest BCUT2D eigenvalue weighted by atomic mass is 17.2. The summed E-state index contributed by atoms with van der Waals surface area (Å²) in [4.78, 5) is 19.0. The predicted octanol–water partition coefficient (Wildman–Crippen LogP) is 1.70. The third-order valence-corrected chi connectivity index (χ3v) is 1.11. The van der Waals surface area contributed by atoms with E-state index in [1.807, 2.05) is 13.8 Å². The van der Waals surface area contributed by atoms with E-state index in [0.29, 0.717) is 26.4 Å². The lowest BCUT2D eigenvalue weighted by Crippen LogP contribution is -2.00. The Morgan fingerprint density at radius 2 is 1.08 bits per heavy atom. The molecule has 0 atom stereocenters. The first-order valence-electron chi connectivity index (χ1n) is 4.40. The fourth-order valence-corrected chi connectivity index (χ4v) is 0.606. The van der Waals surface area contributed by atoms with Crippen LogP contribution in [0.1, 0.15) is 26.7 Å². The Labute approximate surface area is 73.6 Å². The maximum absolute atomic E-state index is 4.79. The van der Waals surface area contributed by atoms with E-state index in [1.165, 1.54) is 0 Å². The summed E-state index contributed by atoms with van der Waals surface area (Å²) in [6.07, 6.45) is 1.85. The third kappa shape index (κ3) is 9.84. The molecule has 0 heterocycles. The van der Waals surface area contributed by atoms with Crippen LogP contribution in [0.5, 0.6) is 0 Å². The summed E-state index contributed by atoms with van der Waals surface area (Å²) in [5, 5.41) is 0. The summed E-state index contributed by atoms with van der Waals surface area (Å²) in [7, 11) is 0. The largest absolute Gasteiger partial charge is 0.237 e. The molecule has 0 aromatic carbocycles. The van der Waals surface area contributed by atoms with E-state index >= 15 is 0 Å². The molecule has 0 aromatic rings. The van der Waals surface area contributed by atoms with Crippen LogP contribution >= 0.6 is 0 Å². The molecule has 0 aromatic heterocycles. The van der Waals surface area contributed by atoms with Gasteiger partial charge in [-0.2, -0.15) is 0 Å². The molecule has 0 fully saturated rings. The van der Waals surface area contributed by atoms with Crippen LogP contribution in [0.3, 0.4) is 0 Å². The molecule has 0 aliphatic rings. The van der Waals surface area contributed by atoms with Crippen LogP contribution in [-0.2, 0) is 19.6 Å². The van der Waals surface area contributed by atoms with Gasteiger partial charge in [0, 0.05) is 0 Å². The fourth-order valence-electron chi connectivity index (χ4n) is 0.606. The van der Waals surface area contributed by atoms with E-state index in [9.17, 15) is 0 Å². The minimum Gasteiger partial charge on any atom is -0.237 e. The molecule has 4 nitrogen and oxygen atoms in total. The molecule has 74 valence electrons. The molecular weight excluding hydrogens is 160 g/mol. The van der Waals surface area contributed by atoms with Crippen LogP contribution in [0.25, 0.3) is 0 Å². The number of unbranched alkanes of at least 4 members (excludes halogenated alkanes) is 1. The average Bonchev–Trinajstić information content (AvgIpc) is 2.10. The zero-order valence-corrected chi connectivity index (χ0v) is 7.88. The Morgan fingerprint density at radius 1 is 0.667 bits per heavy atom. The highest BCUT2D eigenvalue weighted by molar-refractivity contribution is 4.33. The smallest absolute Gasteiger partial charge is 0.0823 e. The zero-order valence-electron chi connectivity index (χ0n) is 7.88. The summed E-state index contributed by atoms with van der Waals surface area (Å²) in [5.74, 6) is 0. The van der Waals surface area contributed by atoms with Crippen LogP contribution in [0.15, 0.2) is 0 Å². The first kappa shape index (κ1) is 11.8. The number of hydrogen-bond acceptors (Lipinski definition) is 4. The molecule has 0 aliphatic carbocycles. The number of hydrogen-bond donors (Lipinski definition) is 0. The van der Waals surface area contributed by atoms with Crippen molar-refractivity contribution in [3.05, 3.63) is 0 Å². The topological polar surface area (TPSA) is 36.9 Å². The molecule has 0 amide bonds. The maximum Gasteiger partial charge on any atom is 0.0823 e. The van der Waals surface area contributed by atoms with Gasteiger partial charge in [0.25, 0.3) is 0 Å². The lowest BCUT2D eigenvalue weighted by atomic mass is 10.3. The van der Waals surface area contributed by atoms with Crippen LogP contribution < -0.4 is 0 Å². The van der Waals surface area contributed by atoms with Gasteiger partial charge in [0.2, 0.25) is 0 Å². The second-order valence-corrected chi connectivity index (χ2v) is 2.16. The first-order valence-corrected chi connectivity index (χ1v) is 4.40. The summed E-state index contributed by atoms with van der Waals surface area (Å²) in [6.45, 7) is 6.19. The third-order valence-electron chi connectivity index (χ3n) is 1.11. The normalized spacial score (nSPS) is 10.5. The Morgan fingerprint density at radius 3 is 1.42 bits per heavy atom. The summed E-state index contributed by atoms with van der Waals surface area (Å²) >= 11 is 0. The minimum absolute atomic E-state index is 0.593. The van der Waals surface area contributed by atoms with Gasteiger partial charge in [0.15, 0.2) is 0 Å². The van der Waals surface area contributed by atoms with Crippen molar-refractivity contribution in [2.24, 2.45) is 0 Å². The van der Waals surface area contributed by atoms with Crippen molar-refractivity contribution in [3.8, 4) is 0 Å². The average molecular weight is 178 g/mol. The maximum atomic E-state index is 4.79. The minimum atomic E-state index is 0.593. The van der Waals surface area contributed by atoms with E-state index in [4.69, 9.17) is 9.78 Å². The van der Waals surface area contributed by atoms with Crippen molar-refractivity contribution in [1.82, 2.24) is 0 Å². The van der Waals surface area contributed by atoms with Crippen molar-refractivity contribution in [2.45, 2.75) is 26.7 Å². The molecule has 0 saturated heterocycles. The Kier molecular flexibility index (Phi) is 10.7. The second-order valence-electron chi connectivity index (χ2n) is 2.16. The molecule has 0 unspecified atom stereocenters. The molecular formula is C8H18O4. The standard InChI is InChI=1S/C8H18O4/c1-3-9-11-7-5-6-8-12-10-4-2/h3-8H2,1-2H3. The molecule has 12 heavy (non-hydrogen) atoms. The van der Waals surface area contributed by atoms with Gasteiger partial charge in [-0.25, -0.2) is 19.6 Å². The zero-order chi connectivity index (χ0) is 9.07. The summed E-state index contributed by atoms with van der Waals surface area (Å²) in [6, 6.07) is 0. The summed E-state index contributed by atoms with van der Waals surface area (Å²) in [5.41, 5.74) is 0. The van der Waals surface area contributed by atoms with Crippen LogP contribution in [0.2, 0.25) is 0 Å². The lowest BCUT2D eigenvalue weighted by molar-refractivity contribution is -0.300. The fraction of sp³-hybridized carbons (Fsp3) is 1.00. The first-order chi connectivity index (χ1) is 5.91. The van der Waals surface area contributed by atoms with Crippen molar-refractivity contribution < 1.29 is 19.6 Å². The molecule has 0 saturated carbocycles. The predicted molar refractivity (Wildman–Crippen MR) is 44.4 cm³/mol. The van der Waals surface area contributed by atoms with Crippen molar-refractivity contribution >= 4 is 0 Å². The van der Waals surface area contributed by atoms with Crippen molar-refractivity contribution in [3.63, 3.8) is 0 Å². The molecule has 0 bridgehead atoms. The van der Waals surface area contributed by atoms with Crippen molar-refractivity contribution in [2.75, 3.05) is 26.4 Å². The van der Waals surface area contributed by atoms with Gasteiger partial charge in [-0.3, -0.25) is 0 Å².